The molecule has 0 saturated carbocycles. The van der Waals surface area contributed by atoms with E-state index in [0.29, 0.717) is 24.1 Å². The highest BCUT2D eigenvalue weighted by Gasteiger charge is 2.06. The minimum absolute atomic E-state index is 0. The van der Waals surface area contributed by atoms with Crippen molar-refractivity contribution in [3.63, 3.8) is 0 Å². The fourth-order valence-electron chi connectivity index (χ4n) is 2.13. The third-order valence-corrected chi connectivity index (χ3v) is 3.73. The van der Waals surface area contributed by atoms with Crippen LogP contribution in [0.2, 0.25) is 0 Å². The smallest absolute Gasteiger partial charge is 0.226 e. The van der Waals surface area contributed by atoms with Gasteiger partial charge in [0.15, 0.2) is 0 Å². The zero-order valence-corrected chi connectivity index (χ0v) is 14.9. The van der Waals surface area contributed by atoms with Gasteiger partial charge in [-0.1, -0.05) is 18.2 Å². The normalized spacial score (nSPS) is 9.65. The average molecular weight is 377 g/mol. The summed E-state index contributed by atoms with van der Waals surface area (Å²) in [7, 11) is 0. The Balaban J connectivity index is 0.00000169. The molecule has 6 nitrogen and oxygen atoms in total. The number of aryl methyl sites for hydroxylation is 1. The van der Waals surface area contributed by atoms with Crippen LogP contribution in [0.1, 0.15) is 11.3 Å². The van der Waals surface area contributed by atoms with E-state index in [2.05, 4.69) is 27.9 Å². The molecule has 0 aliphatic rings. The Labute approximate surface area is 156 Å². The Kier molecular flexibility index (Phi) is 7.98. The van der Waals surface area contributed by atoms with Crippen LogP contribution < -0.4 is 10.1 Å². The van der Waals surface area contributed by atoms with Gasteiger partial charge >= 0.3 is 0 Å². The van der Waals surface area contributed by atoms with E-state index in [-0.39, 0.29) is 16.8 Å². The average Bonchev–Trinajstić information content (AvgIpc) is 2.56. The lowest BCUT2D eigenvalue weighted by Gasteiger charge is -2.10. The van der Waals surface area contributed by atoms with Crippen molar-refractivity contribution < 1.29 is 20.1 Å². The second-order valence-corrected chi connectivity index (χ2v) is 5.69. The van der Waals surface area contributed by atoms with Crippen LogP contribution in [0.15, 0.2) is 59.5 Å². The largest absolute Gasteiger partial charge is 0.439 e. The molecular weight excluding hydrogens is 357 g/mol. The molecule has 0 radical (unpaired) electrons. The summed E-state index contributed by atoms with van der Waals surface area (Å²) in [5.74, 6) is 1.06. The summed E-state index contributed by atoms with van der Waals surface area (Å²) >= 11 is 4.42. The van der Waals surface area contributed by atoms with E-state index in [1.807, 2.05) is 31.2 Å². The van der Waals surface area contributed by atoms with Crippen molar-refractivity contribution in [3.05, 3.63) is 71.7 Å². The lowest BCUT2D eigenvalue weighted by molar-refractivity contribution is 0.460. The molecule has 0 bridgehead atoms. The molecule has 2 aromatic carbocycles. The molecule has 0 aliphatic carbocycles. The number of thiol groups is 1. The van der Waals surface area contributed by atoms with Crippen molar-refractivity contribution in [1.82, 2.24) is 9.97 Å². The number of ether oxygens (including phenoxy) is 1. The quantitative estimate of drug-likeness (QED) is 0.666. The van der Waals surface area contributed by atoms with Crippen LogP contribution in [-0.4, -0.2) is 20.9 Å². The number of nitrogens with one attached hydrogen (secondary N) is 1. The fraction of sp³-hybridized carbons (Fsp3) is 0.111. The third kappa shape index (κ3) is 5.69. The molecule has 0 unspecified atom stereocenters. The fourth-order valence-corrected chi connectivity index (χ4v) is 2.37. The first-order chi connectivity index (χ1) is 11.6. The van der Waals surface area contributed by atoms with Crippen LogP contribution in [0.4, 0.5) is 10.3 Å². The number of halogens is 1. The number of anilines is 1. The first-order valence-corrected chi connectivity index (χ1v) is 7.85. The lowest BCUT2D eigenvalue weighted by Crippen LogP contribution is -2.05. The van der Waals surface area contributed by atoms with E-state index in [9.17, 15) is 4.39 Å². The molecular formula is C18H20FN3O3S. The van der Waals surface area contributed by atoms with Crippen LogP contribution in [-0.2, 0) is 6.54 Å². The van der Waals surface area contributed by atoms with Gasteiger partial charge in [0.2, 0.25) is 11.8 Å². The number of nitrogens with zero attached hydrogens (tertiary/aromatic N) is 2. The van der Waals surface area contributed by atoms with E-state index < -0.39 is 0 Å². The van der Waals surface area contributed by atoms with Gasteiger partial charge in [-0.25, -0.2) is 9.37 Å². The highest BCUT2D eigenvalue weighted by Crippen LogP contribution is 2.22. The first kappa shape index (κ1) is 21.4. The maximum Gasteiger partial charge on any atom is 0.226 e. The number of benzene rings is 2. The van der Waals surface area contributed by atoms with Crippen LogP contribution in [0.25, 0.3) is 0 Å². The van der Waals surface area contributed by atoms with Crippen LogP contribution in [0, 0.1) is 12.7 Å². The van der Waals surface area contributed by atoms with Gasteiger partial charge in [-0.2, -0.15) is 4.98 Å². The SMILES string of the molecule is Cc1cc(Oc2ccc(F)cc2)nc(NCc2ccccc2S)n1.O.O. The van der Waals surface area contributed by atoms with Crippen molar-refractivity contribution >= 4 is 18.6 Å². The van der Waals surface area contributed by atoms with Crippen molar-refractivity contribution in [1.29, 1.82) is 0 Å². The Morgan fingerprint density at radius 1 is 1.04 bits per heavy atom. The molecule has 3 aromatic rings. The van der Waals surface area contributed by atoms with E-state index in [0.717, 1.165) is 16.2 Å². The van der Waals surface area contributed by atoms with Crippen molar-refractivity contribution in [2.45, 2.75) is 18.4 Å². The maximum atomic E-state index is 13.0. The summed E-state index contributed by atoms with van der Waals surface area (Å²) < 4.78 is 18.6. The third-order valence-electron chi connectivity index (χ3n) is 3.30. The molecule has 26 heavy (non-hydrogen) atoms. The molecule has 0 fully saturated rings. The predicted octanol–water partition coefficient (Wildman–Crippen LogP) is 2.97. The molecule has 0 aliphatic heterocycles. The maximum absolute atomic E-state index is 13.0. The second kappa shape index (κ2) is 9.71. The minimum atomic E-state index is -0.311. The number of hydrogen-bond donors (Lipinski definition) is 2. The molecule has 0 amide bonds. The zero-order chi connectivity index (χ0) is 16.9. The lowest BCUT2D eigenvalue weighted by atomic mass is 10.2. The first-order valence-electron chi connectivity index (χ1n) is 7.40. The Hall–Kier alpha value is -2.68. The molecule has 0 atom stereocenters. The number of hydrogen-bond acceptors (Lipinski definition) is 5. The van der Waals surface area contributed by atoms with Gasteiger partial charge in [-0.15, -0.1) is 12.6 Å². The second-order valence-electron chi connectivity index (χ2n) is 5.21. The zero-order valence-electron chi connectivity index (χ0n) is 14.0. The van der Waals surface area contributed by atoms with Gasteiger partial charge in [0, 0.05) is 23.2 Å². The molecule has 1 heterocycles. The van der Waals surface area contributed by atoms with Crippen LogP contribution >= 0.6 is 12.6 Å². The van der Waals surface area contributed by atoms with E-state index >= 15 is 0 Å². The molecule has 0 spiro atoms. The molecule has 1 aromatic heterocycles. The standard InChI is InChI=1S/C18H16FN3OS.2H2O/c1-12-10-17(23-15-8-6-14(19)7-9-15)22-18(21-12)20-11-13-4-2-3-5-16(13)24;;/h2-10,24H,11H2,1H3,(H,20,21,22);2*1H2. The van der Waals surface area contributed by atoms with Crippen molar-refractivity contribution in [2.24, 2.45) is 0 Å². The predicted molar refractivity (Wildman–Crippen MR) is 101 cm³/mol. The molecule has 138 valence electrons. The van der Waals surface area contributed by atoms with Crippen molar-refractivity contribution in [2.75, 3.05) is 5.32 Å². The molecule has 8 heteroatoms. The number of rotatable bonds is 5. The monoisotopic (exact) mass is 377 g/mol. The minimum Gasteiger partial charge on any atom is -0.439 e. The number of aromatic nitrogens is 2. The molecule has 0 saturated heterocycles. The van der Waals surface area contributed by atoms with Gasteiger partial charge < -0.3 is 21.0 Å². The van der Waals surface area contributed by atoms with Gasteiger partial charge in [0.05, 0.1) is 0 Å². The Morgan fingerprint density at radius 2 is 1.73 bits per heavy atom. The van der Waals surface area contributed by atoms with E-state index in [1.54, 1.807) is 18.2 Å². The molecule has 5 N–H and O–H groups in total. The van der Waals surface area contributed by atoms with Crippen molar-refractivity contribution in [3.8, 4) is 11.6 Å². The summed E-state index contributed by atoms with van der Waals surface area (Å²) in [4.78, 5) is 9.58. The molecule has 3 rings (SSSR count). The van der Waals surface area contributed by atoms with Gasteiger partial charge in [0.1, 0.15) is 11.6 Å². The topological polar surface area (TPSA) is 110 Å². The summed E-state index contributed by atoms with van der Waals surface area (Å²) in [5.41, 5.74) is 1.82. The summed E-state index contributed by atoms with van der Waals surface area (Å²) in [5, 5.41) is 3.17. The van der Waals surface area contributed by atoms with E-state index in [1.165, 1.54) is 12.1 Å². The summed E-state index contributed by atoms with van der Waals surface area (Å²) in [6.45, 7) is 2.41. The highest BCUT2D eigenvalue weighted by molar-refractivity contribution is 7.80. The highest BCUT2D eigenvalue weighted by atomic mass is 32.1. The Bertz CT molecular complexity index is 847. The Morgan fingerprint density at radius 3 is 2.42 bits per heavy atom. The van der Waals surface area contributed by atoms with Crippen LogP contribution in [0.3, 0.4) is 0 Å². The summed E-state index contributed by atoms with van der Waals surface area (Å²) in [6, 6.07) is 15.3. The van der Waals surface area contributed by atoms with Gasteiger partial charge in [-0.3, -0.25) is 0 Å². The summed E-state index contributed by atoms with van der Waals surface area (Å²) in [6.07, 6.45) is 0. The van der Waals surface area contributed by atoms with Gasteiger partial charge in [-0.05, 0) is 42.8 Å². The van der Waals surface area contributed by atoms with Crippen LogP contribution in [0.5, 0.6) is 11.6 Å². The van der Waals surface area contributed by atoms with E-state index in [4.69, 9.17) is 4.74 Å². The van der Waals surface area contributed by atoms with Gasteiger partial charge in [0.25, 0.3) is 0 Å².